The van der Waals surface area contributed by atoms with Crippen molar-refractivity contribution in [1.29, 1.82) is 0 Å². The van der Waals surface area contributed by atoms with E-state index in [0.717, 1.165) is 0 Å². The molecule has 1 aromatic heterocycles. The van der Waals surface area contributed by atoms with Crippen LogP contribution >= 0.6 is 0 Å². The number of hydrogen-bond acceptors (Lipinski definition) is 4. The van der Waals surface area contributed by atoms with E-state index in [9.17, 15) is 8.42 Å². The molecule has 0 radical (unpaired) electrons. The summed E-state index contributed by atoms with van der Waals surface area (Å²) in [5.41, 5.74) is 6.06. The summed E-state index contributed by atoms with van der Waals surface area (Å²) in [6.45, 7) is 0.696. The standard InChI is InChI=1S/C11H14N4O2S/c12-10-8-13-15(9-10)7-6-14-18(16,17)11-4-2-1-3-5-11/h1-5,8-9,14H,6-7,12H2. The van der Waals surface area contributed by atoms with Crippen LogP contribution in [0.3, 0.4) is 0 Å². The summed E-state index contributed by atoms with van der Waals surface area (Å²) in [6.07, 6.45) is 3.17. The molecule has 3 N–H and O–H groups in total. The minimum absolute atomic E-state index is 0.255. The minimum atomic E-state index is -3.45. The molecule has 0 aliphatic rings. The van der Waals surface area contributed by atoms with E-state index in [1.807, 2.05) is 0 Å². The topological polar surface area (TPSA) is 90.0 Å². The maximum absolute atomic E-state index is 11.9. The van der Waals surface area contributed by atoms with E-state index in [0.29, 0.717) is 12.2 Å². The quantitative estimate of drug-likeness (QED) is 0.822. The molecule has 2 aromatic rings. The summed E-state index contributed by atoms with van der Waals surface area (Å²) in [6, 6.07) is 8.24. The van der Waals surface area contributed by atoms with Gasteiger partial charge < -0.3 is 5.73 Å². The number of nitrogens with zero attached hydrogens (tertiary/aromatic N) is 2. The van der Waals surface area contributed by atoms with Crippen molar-refractivity contribution in [2.45, 2.75) is 11.4 Å². The van der Waals surface area contributed by atoms with Crippen LogP contribution in [0.15, 0.2) is 47.6 Å². The Labute approximate surface area is 105 Å². The molecule has 0 unspecified atom stereocenters. The van der Waals surface area contributed by atoms with Gasteiger partial charge in [-0.05, 0) is 12.1 Å². The van der Waals surface area contributed by atoms with Crippen LogP contribution in [0.1, 0.15) is 0 Å². The van der Waals surface area contributed by atoms with Crippen LogP contribution in [0, 0.1) is 0 Å². The van der Waals surface area contributed by atoms with Crippen molar-refractivity contribution >= 4 is 15.7 Å². The number of aromatic nitrogens is 2. The van der Waals surface area contributed by atoms with Gasteiger partial charge >= 0.3 is 0 Å². The van der Waals surface area contributed by atoms with Crippen molar-refractivity contribution in [3.05, 3.63) is 42.7 Å². The van der Waals surface area contributed by atoms with Crippen LogP contribution in [-0.2, 0) is 16.6 Å². The van der Waals surface area contributed by atoms with E-state index in [1.54, 1.807) is 41.2 Å². The first-order valence-electron chi connectivity index (χ1n) is 5.40. The molecule has 0 aliphatic carbocycles. The summed E-state index contributed by atoms with van der Waals surface area (Å²) >= 11 is 0. The Bertz CT molecular complexity index is 607. The third-order valence-corrected chi connectivity index (χ3v) is 3.82. The molecule has 1 heterocycles. The van der Waals surface area contributed by atoms with Gasteiger partial charge in [-0.25, -0.2) is 13.1 Å². The molecule has 96 valence electrons. The highest BCUT2D eigenvalue weighted by Crippen LogP contribution is 2.06. The molecular formula is C11H14N4O2S. The van der Waals surface area contributed by atoms with Gasteiger partial charge in [0.05, 0.1) is 23.3 Å². The van der Waals surface area contributed by atoms with Gasteiger partial charge in [0.15, 0.2) is 0 Å². The smallest absolute Gasteiger partial charge is 0.240 e. The average Bonchev–Trinajstić information content (AvgIpc) is 2.76. The Hall–Kier alpha value is -1.86. The molecule has 0 amide bonds. The number of anilines is 1. The fourth-order valence-electron chi connectivity index (χ4n) is 1.48. The Balaban J connectivity index is 1.94. The number of nitrogens with two attached hydrogens (primary N) is 1. The van der Waals surface area contributed by atoms with Gasteiger partial charge in [0.25, 0.3) is 0 Å². The van der Waals surface area contributed by atoms with E-state index in [2.05, 4.69) is 9.82 Å². The third kappa shape index (κ3) is 3.08. The van der Waals surface area contributed by atoms with Gasteiger partial charge in [-0.2, -0.15) is 5.10 Å². The number of sulfonamides is 1. The maximum atomic E-state index is 11.9. The zero-order valence-corrected chi connectivity index (χ0v) is 10.5. The molecule has 0 saturated carbocycles. The lowest BCUT2D eigenvalue weighted by Gasteiger charge is -2.06. The van der Waals surface area contributed by atoms with Crippen molar-refractivity contribution in [1.82, 2.24) is 14.5 Å². The number of nitrogens with one attached hydrogen (secondary N) is 1. The predicted octanol–water partition coefficient (Wildman–Crippen LogP) is 0.444. The molecule has 18 heavy (non-hydrogen) atoms. The lowest BCUT2D eigenvalue weighted by molar-refractivity contribution is 0.561. The summed E-state index contributed by atoms with van der Waals surface area (Å²) in [4.78, 5) is 0.255. The number of rotatable bonds is 5. The molecule has 6 nitrogen and oxygen atoms in total. The summed E-state index contributed by atoms with van der Waals surface area (Å²) in [5, 5.41) is 3.96. The van der Waals surface area contributed by atoms with Crippen molar-refractivity contribution < 1.29 is 8.42 Å². The highest BCUT2D eigenvalue weighted by molar-refractivity contribution is 7.89. The monoisotopic (exact) mass is 266 g/mol. The van der Waals surface area contributed by atoms with E-state index in [4.69, 9.17) is 5.73 Å². The maximum Gasteiger partial charge on any atom is 0.240 e. The molecule has 0 saturated heterocycles. The number of hydrogen-bond donors (Lipinski definition) is 2. The van der Waals surface area contributed by atoms with Crippen LogP contribution in [-0.4, -0.2) is 24.7 Å². The Kier molecular flexibility index (Phi) is 3.63. The lowest BCUT2D eigenvalue weighted by atomic mass is 10.4. The first-order valence-corrected chi connectivity index (χ1v) is 6.89. The molecule has 0 atom stereocenters. The minimum Gasteiger partial charge on any atom is -0.396 e. The van der Waals surface area contributed by atoms with Gasteiger partial charge in [-0.15, -0.1) is 0 Å². The average molecular weight is 266 g/mol. The van der Waals surface area contributed by atoms with Crippen LogP contribution in [0.5, 0.6) is 0 Å². The molecule has 0 bridgehead atoms. The SMILES string of the molecule is Nc1cnn(CCNS(=O)(=O)c2ccccc2)c1. The van der Waals surface area contributed by atoms with Gasteiger partial charge in [0, 0.05) is 12.7 Å². The highest BCUT2D eigenvalue weighted by atomic mass is 32.2. The van der Waals surface area contributed by atoms with Gasteiger partial charge in [-0.1, -0.05) is 18.2 Å². The summed E-state index contributed by atoms with van der Waals surface area (Å²) in [7, 11) is -3.45. The molecular weight excluding hydrogens is 252 g/mol. The van der Waals surface area contributed by atoms with Crippen LogP contribution in [0.4, 0.5) is 5.69 Å². The van der Waals surface area contributed by atoms with Crippen molar-refractivity contribution in [2.24, 2.45) is 0 Å². The summed E-state index contributed by atoms with van der Waals surface area (Å²) < 4.78 is 27.8. The molecule has 0 fully saturated rings. The van der Waals surface area contributed by atoms with E-state index < -0.39 is 10.0 Å². The van der Waals surface area contributed by atoms with Gasteiger partial charge in [-0.3, -0.25) is 4.68 Å². The number of benzene rings is 1. The Morgan fingerprint density at radius 3 is 2.61 bits per heavy atom. The largest absolute Gasteiger partial charge is 0.396 e. The first kappa shape index (κ1) is 12.6. The predicted molar refractivity (Wildman–Crippen MR) is 68.3 cm³/mol. The van der Waals surface area contributed by atoms with Gasteiger partial charge in [0.1, 0.15) is 0 Å². The van der Waals surface area contributed by atoms with Crippen molar-refractivity contribution in [3.63, 3.8) is 0 Å². The fourth-order valence-corrected chi connectivity index (χ4v) is 2.52. The summed E-state index contributed by atoms with van der Waals surface area (Å²) in [5.74, 6) is 0. The van der Waals surface area contributed by atoms with Crippen LogP contribution < -0.4 is 10.5 Å². The van der Waals surface area contributed by atoms with Crippen molar-refractivity contribution in [2.75, 3.05) is 12.3 Å². The second-order valence-corrected chi connectivity index (χ2v) is 5.51. The molecule has 7 heteroatoms. The second-order valence-electron chi connectivity index (χ2n) is 3.75. The third-order valence-electron chi connectivity index (χ3n) is 2.34. The zero-order valence-electron chi connectivity index (χ0n) is 9.65. The van der Waals surface area contributed by atoms with Crippen LogP contribution in [0.2, 0.25) is 0 Å². The molecule has 0 spiro atoms. The highest BCUT2D eigenvalue weighted by Gasteiger charge is 2.12. The Morgan fingerprint density at radius 1 is 1.28 bits per heavy atom. The first-order chi connectivity index (χ1) is 8.58. The van der Waals surface area contributed by atoms with Crippen LogP contribution in [0.25, 0.3) is 0 Å². The molecule has 1 aromatic carbocycles. The normalized spacial score (nSPS) is 11.6. The molecule has 2 rings (SSSR count). The number of nitrogen functional groups attached to an aromatic ring is 1. The van der Waals surface area contributed by atoms with E-state index in [-0.39, 0.29) is 11.4 Å². The fraction of sp³-hybridized carbons (Fsp3) is 0.182. The van der Waals surface area contributed by atoms with E-state index >= 15 is 0 Å². The van der Waals surface area contributed by atoms with Gasteiger partial charge in [0.2, 0.25) is 10.0 Å². The van der Waals surface area contributed by atoms with Crippen molar-refractivity contribution in [3.8, 4) is 0 Å². The van der Waals surface area contributed by atoms with E-state index in [1.165, 1.54) is 6.20 Å². The Morgan fingerprint density at radius 2 is 2.00 bits per heavy atom. The second kappa shape index (κ2) is 5.19. The molecule has 0 aliphatic heterocycles. The zero-order chi connectivity index (χ0) is 13.0. The lowest BCUT2D eigenvalue weighted by Crippen LogP contribution is -2.27.